The van der Waals surface area contributed by atoms with Gasteiger partial charge in [-0.3, -0.25) is 5.32 Å². The summed E-state index contributed by atoms with van der Waals surface area (Å²) in [6, 6.07) is 1.19. The van der Waals surface area contributed by atoms with Gasteiger partial charge in [-0.2, -0.15) is 4.39 Å². The van der Waals surface area contributed by atoms with E-state index >= 15 is 0 Å². The van der Waals surface area contributed by atoms with E-state index in [1.165, 1.54) is 6.20 Å². The van der Waals surface area contributed by atoms with Crippen LogP contribution < -0.4 is 5.32 Å². The largest absolute Gasteiger partial charge is 0.323 e. The number of halogens is 1. The molecule has 1 aliphatic rings. The number of amides is 2. The smallest absolute Gasteiger partial charge is 0.314 e. The standard InChI is InChI=1S/C16H20FN5O2.C2H6/c1-4-10-8-12-11(6-7-18-14(12)17)13(5-2)22(10)16(23)19-15-9(3)20-24-21-15;1-2/h6-7,10,13H,4-5,8H2,1-3H3,(H,19,21,23);1-2H3. The van der Waals surface area contributed by atoms with Gasteiger partial charge in [0.1, 0.15) is 5.69 Å². The van der Waals surface area contributed by atoms with Crippen molar-refractivity contribution < 1.29 is 13.8 Å². The van der Waals surface area contributed by atoms with Crippen molar-refractivity contribution in [2.45, 2.75) is 66.0 Å². The summed E-state index contributed by atoms with van der Waals surface area (Å²) in [6.45, 7) is 9.67. The number of urea groups is 1. The minimum Gasteiger partial charge on any atom is -0.314 e. The van der Waals surface area contributed by atoms with Gasteiger partial charge in [-0.25, -0.2) is 14.4 Å². The third-order valence-electron chi connectivity index (χ3n) is 4.54. The van der Waals surface area contributed by atoms with E-state index in [4.69, 9.17) is 0 Å². The summed E-state index contributed by atoms with van der Waals surface area (Å²) in [4.78, 5) is 18.4. The lowest BCUT2D eigenvalue weighted by molar-refractivity contribution is 0.137. The van der Waals surface area contributed by atoms with Crippen molar-refractivity contribution in [3.8, 4) is 0 Å². The van der Waals surface area contributed by atoms with Gasteiger partial charge in [0.2, 0.25) is 11.8 Å². The van der Waals surface area contributed by atoms with Crippen molar-refractivity contribution in [2.75, 3.05) is 5.32 Å². The van der Waals surface area contributed by atoms with Gasteiger partial charge in [0, 0.05) is 17.8 Å². The first-order valence-corrected chi connectivity index (χ1v) is 9.08. The zero-order valence-corrected chi connectivity index (χ0v) is 15.9. The minimum absolute atomic E-state index is 0.110. The van der Waals surface area contributed by atoms with Crippen LogP contribution in [-0.4, -0.2) is 32.3 Å². The highest BCUT2D eigenvalue weighted by atomic mass is 19.1. The van der Waals surface area contributed by atoms with Crippen LogP contribution in [0.15, 0.2) is 16.9 Å². The molecule has 142 valence electrons. The summed E-state index contributed by atoms with van der Waals surface area (Å²) in [7, 11) is 0. The van der Waals surface area contributed by atoms with Crippen LogP contribution in [0.2, 0.25) is 0 Å². The van der Waals surface area contributed by atoms with Crippen LogP contribution >= 0.6 is 0 Å². The second kappa shape index (κ2) is 8.73. The summed E-state index contributed by atoms with van der Waals surface area (Å²) in [6.07, 6.45) is 3.29. The molecule has 2 aromatic heterocycles. The molecule has 8 heteroatoms. The number of carbonyl (C=O) groups excluding carboxylic acids is 1. The number of carbonyl (C=O) groups is 1. The molecule has 0 saturated carbocycles. The maximum absolute atomic E-state index is 14.1. The minimum atomic E-state index is -0.444. The highest BCUT2D eigenvalue weighted by Crippen LogP contribution is 2.37. The van der Waals surface area contributed by atoms with Crippen molar-refractivity contribution in [3.63, 3.8) is 0 Å². The van der Waals surface area contributed by atoms with Crippen LogP contribution in [0.25, 0.3) is 0 Å². The van der Waals surface area contributed by atoms with Crippen molar-refractivity contribution in [3.05, 3.63) is 35.0 Å². The lowest BCUT2D eigenvalue weighted by atomic mass is 9.87. The van der Waals surface area contributed by atoms with E-state index in [2.05, 4.69) is 25.2 Å². The molecule has 0 bridgehead atoms. The average molecular weight is 363 g/mol. The number of aromatic nitrogens is 3. The molecule has 2 atom stereocenters. The van der Waals surface area contributed by atoms with Crippen molar-refractivity contribution >= 4 is 11.8 Å². The van der Waals surface area contributed by atoms with Gasteiger partial charge in [-0.15, -0.1) is 0 Å². The van der Waals surface area contributed by atoms with E-state index in [-0.39, 0.29) is 18.1 Å². The van der Waals surface area contributed by atoms with Gasteiger partial charge in [0.05, 0.1) is 6.04 Å². The number of fused-ring (bicyclic) bond motifs is 1. The number of nitrogens with one attached hydrogen (secondary N) is 1. The summed E-state index contributed by atoms with van der Waals surface area (Å²) in [5.41, 5.74) is 1.94. The Morgan fingerprint density at radius 3 is 2.65 bits per heavy atom. The van der Waals surface area contributed by atoms with E-state index in [9.17, 15) is 9.18 Å². The highest BCUT2D eigenvalue weighted by molar-refractivity contribution is 5.89. The molecule has 2 amide bonds. The van der Waals surface area contributed by atoms with Crippen LogP contribution in [0.4, 0.5) is 15.0 Å². The fourth-order valence-electron chi connectivity index (χ4n) is 3.31. The zero-order chi connectivity index (χ0) is 19.3. The van der Waals surface area contributed by atoms with E-state index in [1.807, 2.05) is 27.7 Å². The second-order valence-corrected chi connectivity index (χ2v) is 5.90. The first-order chi connectivity index (χ1) is 12.6. The molecule has 1 aliphatic heterocycles. The molecule has 0 radical (unpaired) electrons. The Morgan fingerprint density at radius 2 is 2.08 bits per heavy atom. The SMILES string of the molecule is CC.CCC1Cc2c(ccnc2F)C(CC)N1C(=O)Nc1nonc1C. The number of nitrogens with zero attached hydrogens (tertiary/aromatic N) is 4. The lowest BCUT2D eigenvalue weighted by Gasteiger charge is -2.42. The topological polar surface area (TPSA) is 84.2 Å². The van der Waals surface area contributed by atoms with Crippen LogP contribution in [-0.2, 0) is 6.42 Å². The first-order valence-electron chi connectivity index (χ1n) is 9.08. The molecule has 1 N–H and O–H groups in total. The summed E-state index contributed by atoms with van der Waals surface area (Å²) < 4.78 is 18.7. The summed E-state index contributed by atoms with van der Waals surface area (Å²) in [5, 5.41) is 10.1. The number of pyridine rings is 1. The molecule has 3 rings (SSSR count). The van der Waals surface area contributed by atoms with Crippen LogP contribution in [0.3, 0.4) is 0 Å². The molecule has 3 heterocycles. The highest BCUT2D eigenvalue weighted by Gasteiger charge is 2.37. The predicted molar refractivity (Wildman–Crippen MR) is 96.3 cm³/mol. The Balaban J connectivity index is 0.00000117. The number of hydrogen-bond donors (Lipinski definition) is 1. The Hall–Kier alpha value is -2.51. The van der Waals surface area contributed by atoms with Crippen LogP contribution in [0.5, 0.6) is 0 Å². The summed E-state index contributed by atoms with van der Waals surface area (Å²) >= 11 is 0. The Labute approximate surface area is 152 Å². The maximum Gasteiger partial charge on any atom is 0.323 e. The molecular weight excluding hydrogens is 337 g/mol. The molecule has 0 spiro atoms. The average Bonchev–Trinajstić information content (AvgIpc) is 3.06. The molecule has 2 aromatic rings. The molecular formula is C18H26FN5O2. The summed E-state index contributed by atoms with van der Waals surface area (Å²) in [5.74, 6) is -0.141. The van der Waals surface area contributed by atoms with E-state index in [0.29, 0.717) is 36.3 Å². The molecule has 0 aliphatic carbocycles. The Kier molecular flexibility index (Phi) is 6.65. The van der Waals surface area contributed by atoms with Gasteiger partial charge in [0.25, 0.3) is 0 Å². The Bertz CT molecular complexity index is 749. The molecule has 0 fully saturated rings. The lowest BCUT2D eigenvalue weighted by Crippen LogP contribution is -2.49. The molecule has 0 aromatic carbocycles. The van der Waals surface area contributed by atoms with E-state index in [1.54, 1.807) is 17.9 Å². The maximum atomic E-state index is 14.1. The number of aryl methyl sites for hydroxylation is 1. The quantitative estimate of drug-likeness (QED) is 0.824. The molecule has 0 saturated heterocycles. The van der Waals surface area contributed by atoms with E-state index < -0.39 is 5.95 Å². The van der Waals surface area contributed by atoms with Gasteiger partial charge >= 0.3 is 6.03 Å². The normalized spacial score (nSPS) is 18.6. The molecule has 2 unspecified atom stereocenters. The van der Waals surface area contributed by atoms with Crippen molar-refractivity contribution in [1.82, 2.24) is 20.2 Å². The second-order valence-electron chi connectivity index (χ2n) is 5.90. The zero-order valence-electron chi connectivity index (χ0n) is 15.9. The number of anilines is 1. The fourth-order valence-corrected chi connectivity index (χ4v) is 3.31. The third-order valence-corrected chi connectivity index (χ3v) is 4.54. The van der Waals surface area contributed by atoms with Crippen LogP contribution in [0.1, 0.15) is 63.4 Å². The van der Waals surface area contributed by atoms with Crippen molar-refractivity contribution in [1.29, 1.82) is 0 Å². The monoisotopic (exact) mass is 363 g/mol. The van der Waals surface area contributed by atoms with Crippen molar-refractivity contribution in [2.24, 2.45) is 0 Å². The van der Waals surface area contributed by atoms with Gasteiger partial charge < -0.3 is 4.90 Å². The molecule has 26 heavy (non-hydrogen) atoms. The first kappa shape index (κ1) is 19.8. The number of hydrogen-bond acceptors (Lipinski definition) is 5. The van der Waals surface area contributed by atoms with Gasteiger partial charge in [-0.05, 0) is 43.0 Å². The van der Waals surface area contributed by atoms with Gasteiger partial charge in [-0.1, -0.05) is 32.9 Å². The van der Waals surface area contributed by atoms with Crippen LogP contribution in [0, 0.1) is 12.9 Å². The predicted octanol–water partition coefficient (Wildman–Crippen LogP) is 4.26. The van der Waals surface area contributed by atoms with E-state index in [0.717, 1.165) is 5.56 Å². The number of rotatable bonds is 3. The fraction of sp³-hybridized carbons (Fsp3) is 0.556. The Morgan fingerprint density at radius 1 is 1.35 bits per heavy atom. The third kappa shape index (κ3) is 3.68. The van der Waals surface area contributed by atoms with Gasteiger partial charge in [0.15, 0.2) is 0 Å². The molecule has 7 nitrogen and oxygen atoms in total.